The van der Waals surface area contributed by atoms with Gasteiger partial charge in [0.05, 0.1) is 17.7 Å². The topological polar surface area (TPSA) is 91.2 Å². The third kappa shape index (κ3) is 5.78. The van der Waals surface area contributed by atoms with Gasteiger partial charge in [0.15, 0.2) is 6.61 Å². The molecule has 0 radical (unpaired) electrons. The predicted molar refractivity (Wildman–Crippen MR) is 144 cm³/mol. The number of aliphatic hydroxyl groups is 1. The summed E-state index contributed by atoms with van der Waals surface area (Å²) in [6.45, 7) is 1.26. The largest absolute Gasteiger partial charge is 0.483 e. The minimum Gasteiger partial charge on any atom is -0.483 e. The van der Waals surface area contributed by atoms with Gasteiger partial charge >= 0.3 is 0 Å². The number of nitrogens with one attached hydrogen (secondary N) is 1. The molecule has 1 fully saturated rings. The van der Waals surface area contributed by atoms with Gasteiger partial charge in [-0.15, -0.1) is 11.6 Å². The van der Waals surface area contributed by atoms with Crippen LogP contribution in [0.2, 0.25) is 0 Å². The molecule has 3 aromatic rings. The summed E-state index contributed by atoms with van der Waals surface area (Å²) >= 11 is 6.12. The quantitative estimate of drug-likeness (QED) is 0.292. The number of alkyl halides is 1. The van der Waals surface area contributed by atoms with Crippen LogP contribution in [0, 0.1) is 5.92 Å². The van der Waals surface area contributed by atoms with Crippen LogP contribution in [0.3, 0.4) is 0 Å². The summed E-state index contributed by atoms with van der Waals surface area (Å²) in [6, 6.07) is 19.6. The Morgan fingerprint density at radius 3 is 2.62 bits per heavy atom. The number of halogens is 1. The molecule has 1 heterocycles. The van der Waals surface area contributed by atoms with Crippen LogP contribution in [0.4, 0.5) is 0 Å². The minimum atomic E-state index is -0.562. The fourth-order valence-electron chi connectivity index (χ4n) is 5.07. The number of hydrogen-bond donors (Lipinski definition) is 2. The van der Waals surface area contributed by atoms with Crippen LogP contribution < -0.4 is 10.2 Å². The summed E-state index contributed by atoms with van der Waals surface area (Å²) in [5.41, 5.74) is 5.91. The molecule has 37 heavy (non-hydrogen) atoms. The number of nitrogens with zero attached hydrogens (tertiary/aromatic N) is 2. The first kappa shape index (κ1) is 25.2. The van der Waals surface area contributed by atoms with Gasteiger partial charge in [-0.1, -0.05) is 48.5 Å². The Bertz CT molecular complexity index is 1330. The molecule has 5 rings (SSSR count). The Labute approximate surface area is 221 Å². The van der Waals surface area contributed by atoms with Gasteiger partial charge < -0.3 is 14.7 Å². The van der Waals surface area contributed by atoms with Gasteiger partial charge in [-0.3, -0.25) is 9.59 Å². The molecule has 0 saturated heterocycles. The number of hydrazone groups is 1. The van der Waals surface area contributed by atoms with Crippen LogP contribution in [0.1, 0.15) is 36.0 Å². The number of aliphatic hydroxyl groups excluding tert-OH is 1. The fourth-order valence-corrected chi connectivity index (χ4v) is 5.41. The fraction of sp³-hybridized carbons (Fsp3) is 0.345. The van der Waals surface area contributed by atoms with Gasteiger partial charge in [0.1, 0.15) is 5.75 Å². The highest BCUT2D eigenvalue weighted by Gasteiger charge is 2.31. The number of amides is 2. The second kappa shape index (κ2) is 11.3. The lowest BCUT2D eigenvalue weighted by molar-refractivity contribution is -0.134. The Kier molecular flexibility index (Phi) is 7.72. The van der Waals surface area contributed by atoms with E-state index >= 15 is 0 Å². The number of fused-ring (bicyclic) bond motifs is 2. The first-order chi connectivity index (χ1) is 18.0. The molecule has 3 unspecified atom stereocenters. The van der Waals surface area contributed by atoms with Crippen LogP contribution in [0.15, 0.2) is 65.8 Å². The second-order valence-corrected chi connectivity index (χ2v) is 10.2. The molecular formula is C29H30ClN3O4. The second-order valence-electron chi connectivity index (χ2n) is 9.65. The summed E-state index contributed by atoms with van der Waals surface area (Å²) in [7, 11) is 0. The molecule has 2 aliphatic rings. The summed E-state index contributed by atoms with van der Waals surface area (Å²) in [4.78, 5) is 27.2. The van der Waals surface area contributed by atoms with Crippen LogP contribution >= 0.6 is 11.6 Å². The van der Waals surface area contributed by atoms with Gasteiger partial charge in [0.2, 0.25) is 5.91 Å². The first-order valence-corrected chi connectivity index (χ1v) is 13.1. The molecule has 3 atom stereocenters. The standard InChI is InChI=1S/C29H30ClN3O4/c30-25-15-20(9-11-26(25)34)29(36)32-31-16-21-10-12-27(24-8-4-3-7-23(21)24)37-18-28(35)33-14-13-19-5-1-2-6-22(19)17-33/h1-8,10,12,16,20,25-26,34H,9,11,13-15,17-18H2,(H,32,36)/b31-16+. The highest BCUT2D eigenvalue weighted by Crippen LogP contribution is 2.29. The maximum atomic E-state index is 12.9. The summed E-state index contributed by atoms with van der Waals surface area (Å²) in [6.07, 6.45) is 3.43. The van der Waals surface area contributed by atoms with Crippen molar-refractivity contribution in [2.75, 3.05) is 13.2 Å². The zero-order valence-corrected chi connectivity index (χ0v) is 21.2. The van der Waals surface area contributed by atoms with E-state index < -0.39 is 11.5 Å². The van der Waals surface area contributed by atoms with Crippen molar-refractivity contribution in [3.8, 4) is 5.75 Å². The van der Waals surface area contributed by atoms with Crippen molar-refractivity contribution in [2.45, 2.75) is 43.7 Å². The zero-order valence-electron chi connectivity index (χ0n) is 20.5. The highest BCUT2D eigenvalue weighted by molar-refractivity contribution is 6.21. The number of rotatable bonds is 6. The van der Waals surface area contributed by atoms with Crippen molar-refractivity contribution in [1.82, 2.24) is 10.3 Å². The third-order valence-electron chi connectivity index (χ3n) is 7.24. The van der Waals surface area contributed by atoms with Crippen molar-refractivity contribution < 1.29 is 19.4 Å². The van der Waals surface area contributed by atoms with Crippen LogP contribution in [-0.2, 0) is 22.6 Å². The maximum absolute atomic E-state index is 12.9. The molecule has 3 aromatic carbocycles. The lowest BCUT2D eigenvalue weighted by Crippen LogP contribution is -2.38. The van der Waals surface area contributed by atoms with E-state index in [-0.39, 0.29) is 24.3 Å². The molecular weight excluding hydrogens is 490 g/mol. The van der Waals surface area contributed by atoms with Crippen molar-refractivity contribution in [3.63, 3.8) is 0 Å². The number of carbonyl (C=O) groups is 2. The van der Waals surface area contributed by atoms with E-state index in [1.807, 2.05) is 53.4 Å². The Balaban J connectivity index is 1.22. The van der Waals surface area contributed by atoms with Crippen LogP contribution in [0.5, 0.6) is 5.75 Å². The molecule has 1 aliphatic heterocycles. The van der Waals surface area contributed by atoms with Crippen molar-refractivity contribution in [2.24, 2.45) is 11.0 Å². The van der Waals surface area contributed by atoms with E-state index in [2.05, 4.69) is 22.7 Å². The molecule has 8 heteroatoms. The predicted octanol–water partition coefficient (Wildman–Crippen LogP) is 4.02. The van der Waals surface area contributed by atoms with Crippen LogP contribution in [0.25, 0.3) is 10.8 Å². The van der Waals surface area contributed by atoms with E-state index in [1.165, 1.54) is 11.1 Å². The molecule has 2 N–H and O–H groups in total. The van der Waals surface area contributed by atoms with Gasteiger partial charge in [-0.2, -0.15) is 5.10 Å². The van der Waals surface area contributed by atoms with Crippen molar-refractivity contribution >= 4 is 40.4 Å². The van der Waals surface area contributed by atoms with E-state index in [4.69, 9.17) is 16.3 Å². The highest BCUT2D eigenvalue weighted by atomic mass is 35.5. The number of benzene rings is 3. The molecule has 0 spiro atoms. The third-order valence-corrected chi connectivity index (χ3v) is 7.71. The molecule has 0 aromatic heterocycles. The average Bonchev–Trinajstić information content (AvgIpc) is 2.93. The normalized spacial score (nSPS) is 21.6. The Morgan fingerprint density at radius 2 is 1.81 bits per heavy atom. The SMILES string of the molecule is O=C(N/N=C/c1ccc(OCC(=O)N2CCc3ccccc3C2)c2ccccc12)C1CCC(O)C(Cl)C1. The van der Waals surface area contributed by atoms with E-state index in [1.54, 1.807) is 6.21 Å². The molecule has 7 nitrogen and oxygen atoms in total. The lowest BCUT2D eigenvalue weighted by atomic mass is 9.86. The minimum absolute atomic E-state index is 0.0344. The lowest BCUT2D eigenvalue weighted by Gasteiger charge is -2.28. The van der Waals surface area contributed by atoms with Crippen molar-refractivity contribution in [3.05, 3.63) is 77.4 Å². The van der Waals surface area contributed by atoms with Gasteiger partial charge in [0, 0.05) is 30.0 Å². The molecule has 1 saturated carbocycles. The zero-order chi connectivity index (χ0) is 25.8. The molecule has 1 aliphatic carbocycles. The number of hydrogen-bond acceptors (Lipinski definition) is 5. The monoisotopic (exact) mass is 519 g/mol. The molecule has 0 bridgehead atoms. The first-order valence-electron chi connectivity index (χ1n) is 12.6. The Hall–Kier alpha value is -3.42. The number of ether oxygens (including phenoxy) is 1. The van der Waals surface area contributed by atoms with Gasteiger partial charge in [0.25, 0.3) is 5.91 Å². The summed E-state index contributed by atoms with van der Waals surface area (Å²) < 4.78 is 5.98. The molecule has 2 amide bonds. The van der Waals surface area contributed by atoms with E-state index in [0.29, 0.717) is 38.1 Å². The van der Waals surface area contributed by atoms with E-state index in [0.717, 1.165) is 22.8 Å². The molecule has 192 valence electrons. The van der Waals surface area contributed by atoms with E-state index in [9.17, 15) is 14.7 Å². The van der Waals surface area contributed by atoms with Gasteiger partial charge in [-0.25, -0.2) is 5.43 Å². The van der Waals surface area contributed by atoms with Crippen molar-refractivity contribution in [1.29, 1.82) is 0 Å². The summed E-state index contributed by atoms with van der Waals surface area (Å²) in [5.74, 6) is 0.121. The van der Waals surface area contributed by atoms with Crippen LogP contribution in [-0.4, -0.2) is 52.7 Å². The summed E-state index contributed by atoms with van der Waals surface area (Å²) in [5, 5.41) is 15.3. The average molecular weight is 520 g/mol. The maximum Gasteiger partial charge on any atom is 0.260 e. The van der Waals surface area contributed by atoms with Gasteiger partial charge in [-0.05, 0) is 54.3 Å². The number of carbonyl (C=O) groups excluding carboxylic acids is 2. The Morgan fingerprint density at radius 1 is 1.05 bits per heavy atom. The smallest absolute Gasteiger partial charge is 0.260 e.